The van der Waals surface area contributed by atoms with Crippen molar-refractivity contribution >= 4 is 5.97 Å². The number of rotatable bonds is 10. The van der Waals surface area contributed by atoms with Gasteiger partial charge >= 0.3 is 39.9 Å². The number of aliphatic hydroxyl groups excluding tert-OH is 4. The Bertz CT molecular complexity index is 716. The molecule has 1 unspecified atom stereocenters. The van der Waals surface area contributed by atoms with E-state index in [4.69, 9.17) is 39.4 Å². The summed E-state index contributed by atoms with van der Waals surface area (Å²) in [4.78, 5) is 10.7. The summed E-state index contributed by atoms with van der Waals surface area (Å²) in [5, 5.41) is 55.1. The van der Waals surface area contributed by atoms with Gasteiger partial charge in [0.15, 0.2) is 6.29 Å². The molecule has 2 rings (SSSR count). The van der Waals surface area contributed by atoms with Crippen LogP contribution in [0, 0.1) is 20.0 Å². The predicted molar refractivity (Wildman–Crippen MR) is 100 cm³/mol. The first kappa shape index (κ1) is 36.8. The molecule has 1 aliphatic rings. The standard InChI is InChI=1S/C15H26N4O8.3CO.Tc/c16-9(14(23)24)5-8-6-19(18-17-8)3-1-2-4-26-13-12(22)11(21)10(7-20)27-15(13)25;3*1-2;/h6,9-13,15,20-22,25H,1-5,7,16H2,(H,23,24);;;;/t9-,10+,11+,12-,13+,15?;;;;/m0..../s1. The Morgan fingerprint density at radius 1 is 1.18 bits per heavy atom. The number of nitrogens with zero attached hydrogens (tertiary/aromatic N) is 3. The average Bonchev–Trinajstić information content (AvgIpc) is 3.28. The van der Waals surface area contributed by atoms with E-state index < -0.39 is 49.3 Å². The number of ether oxygens (including phenoxy) is 2. The summed E-state index contributed by atoms with van der Waals surface area (Å²) in [5.41, 5.74) is 5.93. The van der Waals surface area contributed by atoms with E-state index in [2.05, 4.69) is 30.3 Å². The van der Waals surface area contributed by atoms with Crippen LogP contribution in [0.3, 0.4) is 0 Å². The van der Waals surface area contributed by atoms with E-state index >= 15 is 0 Å². The third-order valence-corrected chi connectivity index (χ3v) is 4.27. The Morgan fingerprint density at radius 2 is 1.76 bits per heavy atom. The molecule has 6 atom stereocenters. The normalized spacial score (nSPS) is 23.7. The van der Waals surface area contributed by atoms with Gasteiger partial charge in [-0.25, -0.2) is 0 Å². The minimum atomic E-state index is -1.45. The van der Waals surface area contributed by atoms with Crippen LogP contribution < -0.4 is 5.73 Å². The zero-order chi connectivity index (χ0) is 26.0. The van der Waals surface area contributed by atoms with Crippen LogP contribution in [0.5, 0.6) is 0 Å². The molecule has 1 radical (unpaired) electrons. The fraction of sp³-hybridized carbons (Fsp3) is 0.667. The predicted octanol–water partition coefficient (Wildman–Crippen LogP) is -3.29. The molecule has 1 aromatic rings. The van der Waals surface area contributed by atoms with Crippen molar-refractivity contribution in [1.29, 1.82) is 0 Å². The summed E-state index contributed by atoms with van der Waals surface area (Å²) in [6.45, 7) is 13.7. The quantitative estimate of drug-likeness (QED) is 0.0920. The third-order valence-electron chi connectivity index (χ3n) is 4.27. The fourth-order valence-electron chi connectivity index (χ4n) is 2.70. The summed E-state index contributed by atoms with van der Waals surface area (Å²) < 4.78 is 34.5. The molecule has 0 spiro atoms. The number of unbranched alkanes of at least 4 members (excludes halogenated alkanes) is 1. The van der Waals surface area contributed by atoms with E-state index in [1.165, 1.54) is 0 Å². The first-order valence-electron chi connectivity index (χ1n) is 9.24. The summed E-state index contributed by atoms with van der Waals surface area (Å²) in [7, 11) is 0. The molecule has 0 amide bonds. The maximum atomic E-state index is 10.7. The number of hydrogen-bond acceptors (Lipinski definition) is 10. The smallest absolute Gasteiger partial charge is 0 e. The van der Waals surface area contributed by atoms with Crippen molar-refractivity contribution in [2.75, 3.05) is 13.2 Å². The van der Waals surface area contributed by atoms with Crippen molar-refractivity contribution in [2.24, 2.45) is 5.73 Å². The monoisotopic (exact) mass is 571 g/mol. The zero-order valence-electron chi connectivity index (χ0n) is 17.8. The number of carboxylic acids is 1. The van der Waals surface area contributed by atoms with Crippen LogP contribution in [-0.2, 0) is 61.3 Å². The number of nitrogens with two attached hydrogens (primary N) is 1. The maximum Gasteiger partial charge on any atom is 0 e. The number of carbonyl (C=O) groups is 1. The second kappa shape index (κ2) is 21.7. The molecular weight excluding hydrogens is 546 g/mol. The molecule has 0 aliphatic carbocycles. The van der Waals surface area contributed by atoms with Gasteiger partial charge in [-0.2, -0.15) is 0 Å². The van der Waals surface area contributed by atoms with Gasteiger partial charge in [-0.05, 0) is 12.8 Å². The van der Waals surface area contributed by atoms with E-state index in [9.17, 15) is 20.1 Å². The molecule has 34 heavy (non-hydrogen) atoms. The topological polar surface area (TPSA) is 253 Å². The number of aromatic nitrogens is 3. The second-order valence-electron chi connectivity index (χ2n) is 6.39. The third kappa shape index (κ3) is 12.6. The van der Waals surface area contributed by atoms with Crippen LogP contribution in [0.4, 0.5) is 0 Å². The fourth-order valence-corrected chi connectivity index (χ4v) is 2.70. The van der Waals surface area contributed by atoms with Crippen molar-refractivity contribution in [1.82, 2.24) is 15.0 Å². The molecule has 0 bridgehead atoms. The molecule has 1 saturated heterocycles. The molecule has 0 saturated carbocycles. The van der Waals surface area contributed by atoms with Crippen molar-refractivity contribution in [3.05, 3.63) is 31.8 Å². The van der Waals surface area contributed by atoms with Crippen molar-refractivity contribution < 1.29 is 73.9 Å². The first-order chi connectivity index (χ1) is 15.8. The summed E-state index contributed by atoms with van der Waals surface area (Å²) >= 11 is 0. The zero-order valence-corrected chi connectivity index (χ0v) is 19.6. The van der Waals surface area contributed by atoms with Crippen LogP contribution in [0.1, 0.15) is 18.5 Å². The number of aliphatic carboxylic acids is 1. The van der Waals surface area contributed by atoms with Gasteiger partial charge in [0.25, 0.3) is 0 Å². The van der Waals surface area contributed by atoms with Crippen LogP contribution >= 0.6 is 0 Å². The minimum absolute atomic E-state index is 0. The number of hydrogen-bond donors (Lipinski definition) is 6. The minimum Gasteiger partial charge on any atom is 0 e. The SMILES string of the molecule is N[C@@H](Cc1cn(CCCCO[C@H]2C(O)O[C@H](CO)[C@@H](O)[C@@H]2O)nn1)C(=O)O.[C-]#[O+].[C-]#[O+].[C-]#[O+].[Tc]. The molecule has 1 fully saturated rings. The van der Waals surface area contributed by atoms with Gasteiger partial charge in [0.1, 0.15) is 30.5 Å². The van der Waals surface area contributed by atoms with Crippen LogP contribution in [-0.4, -0.2) is 96.5 Å². The van der Waals surface area contributed by atoms with E-state index in [0.717, 1.165) is 0 Å². The Labute approximate surface area is 208 Å². The van der Waals surface area contributed by atoms with Gasteiger partial charge in [0, 0.05) is 45.9 Å². The van der Waals surface area contributed by atoms with Gasteiger partial charge in [0.05, 0.1) is 12.3 Å². The molecule has 16 heteroatoms. The second-order valence-corrected chi connectivity index (χ2v) is 6.39. The Kier molecular flexibility index (Phi) is 23.5. The van der Waals surface area contributed by atoms with Gasteiger partial charge in [-0.3, -0.25) is 9.48 Å². The average molecular weight is 572 g/mol. The molecule has 0 aromatic carbocycles. The Hall–Kier alpha value is -1.80. The van der Waals surface area contributed by atoms with Gasteiger partial charge in [0.2, 0.25) is 0 Å². The van der Waals surface area contributed by atoms with E-state index in [1.807, 2.05) is 0 Å². The Morgan fingerprint density at radius 3 is 2.29 bits per heavy atom. The van der Waals surface area contributed by atoms with E-state index in [0.29, 0.717) is 25.1 Å². The number of carboxylic acid groups (broad SMARTS) is 1. The van der Waals surface area contributed by atoms with E-state index in [1.54, 1.807) is 10.9 Å². The number of aryl methyl sites for hydroxylation is 1. The summed E-state index contributed by atoms with van der Waals surface area (Å²) in [6.07, 6.45) is -3.42. The molecule has 7 N–H and O–H groups in total. The molecular formula is C18H26N4O11Tc. The van der Waals surface area contributed by atoms with Gasteiger partial charge in [-0.1, -0.05) is 5.21 Å². The molecule has 1 aromatic heterocycles. The van der Waals surface area contributed by atoms with Crippen molar-refractivity contribution in [3.63, 3.8) is 0 Å². The van der Waals surface area contributed by atoms with Crippen molar-refractivity contribution in [2.45, 2.75) is 62.6 Å². The molecule has 1 aliphatic heterocycles. The molecule has 2 heterocycles. The maximum absolute atomic E-state index is 10.7. The van der Waals surface area contributed by atoms with Gasteiger partial charge in [-0.15, -0.1) is 5.10 Å². The van der Waals surface area contributed by atoms with Crippen LogP contribution in [0.15, 0.2) is 6.20 Å². The Balaban J connectivity index is -0.00000127. The first-order valence-corrected chi connectivity index (χ1v) is 9.24. The van der Waals surface area contributed by atoms with Crippen LogP contribution in [0.25, 0.3) is 0 Å². The van der Waals surface area contributed by atoms with E-state index in [-0.39, 0.29) is 33.1 Å². The molecule has 191 valence electrons. The summed E-state index contributed by atoms with van der Waals surface area (Å²) in [5.74, 6) is -1.10. The molecule has 15 nitrogen and oxygen atoms in total. The van der Waals surface area contributed by atoms with Crippen LogP contribution in [0.2, 0.25) is 0 Å². The summed E-state index contributed by atoms with van der Waals surface area (Å²) in [6, 6.07) is -1.03. The van der Waals surface area contributed by atoms with Crippen molar-refractivity contribution in [3.8, 4) is 0 Å². The van der Waals surface area contributed by atoms with Gasteiger partial charge < -0.3 is 40.7 Å². The number of aliphatic hydroxyl groups is 4. The largest absolute Gasteiger partial charge is 0 e.